The van der Waals surface area contributed by atoms with Crippen LogP contribution in [0.15, 0.2) is 24.3 Å². The molecule has 0 saturated carbocycles. The van der Waals surface area contributed by atoms with Crippen molar-refractivity contribution in [2.75, 3.05) is 0 Å². The van der Waals surface area contributed by atoms with Crippen LogP contribution in [0.4, 0.5) is 4.79 Å². The Kier molecular flexibility index (Phi) is 6.01. The van der Waals surface area contributed by atoms with E-state index in [4.69, 9.17) is 25.6 Å². The molecule has 7 heteroatoms. The number of amides is 1. The van der Waals surface area contributed by atoms with Gasteiger partial charge >= 0.3 is 13.2 Å². The van der Waals surface area contributed by atoms with Crippen LogP contribution in [0.5, 0.6) is 0 Å². The SMILES string of the molecule is CC(C)(C)OC(=O)NC(Cl)Cc1ccc(B2OC(C)(C)C(C)(C)O2)cc1. The topological polar surface area (TPSA) is 56.8 Å². The Bertz CT molecular complexity index is 624. The summed E-state index contributed by atoms with van der Waals surface area (Å²) in [4.78, 5) is 11.8. The summed E-state index contributed by atoms with van der Waals surface area (Å²) in [6.07, 6.45) is -0.0314. The quantitative estimate of drug-likeness (QED) is 0.492. The number of rotatable bonds is 4. The molecule has 1 unspecified atom stereocenters. The predicted octanol–water partition coefficient (Wildman–Crippen LogP) is 3.62. The smallest absolute Gasteiger partial charge is 0.444 e. The molecule has 0 aliphatic carbocycles. The third kappa shape index (κ3) is 5.38. The van der Waals surface area contributed by atoms with Crippen molar-refractivity contribution in [3.8, 4) is 0 Å². The molecule has 5 nitrogen and oxygen atoms in total. The summed E-state index contributed by atoms with van der Waals surface area (Å²) in [5.41, 5.74) is 0.127. The van der Waals surface area contributed by atoms with Crippen LogP contribution in [-0.2, 0) is 20.5 Å². The molecule has 0 aromatic heterocycles. The number of hydrogen-bond acceptors (Lipinski definition) is 4. The fraction of sp³-hybridized carbons (Fsp3) is 0.632. The maximum Gasteiger partial charge on any atom is 0.494 e. The molecule has 1 N–H and O–H groups in total. The maximum atomic E-state index is 11.8. The maximum absolute atomic E-state index is 11.8. The Balaban J connectivity index is 1.93. The van der Waals surface area contributed by atoms with E-state index in [0.717, 1.165) is 11.0 Å². The van der Waals surface area contributed by atoms with Gasteiger partial charge in [0.25, 0.3) is 0 Å². The third-order valence-electron chi connectivity index (χ3n) is 4.59. The molecule has 1 aliphatic heterocycles. The van der Waals surface area contributed by atoms with E-state index in [-0.39, 0.29) is 18.3 Å². The van der Waals surface area contributed by atoms with E-state index in [2.05, 4.69) is 5.32 Å². The fourth-order valence-corrected chi connectivity index (χ4v) is 2.75. The number of alkyl halides is 1. The normalized spacial score (nSPS) is 19.9. The summed E-state index contributed by atoms with van der Waals surface area (Å²) in [7, 11) is -0.388. The molecule has 1 aromatic carbocycles. The lowest BCUT2D eigenvalue weighted by Gasteiger charge is -2.32. The van der Waals surface area contributed by atoms with Gasteiger partial charge in [-0.3, -0.25) is 0 Å². The summed E-state index contributed by atoms with van der Waals surface area (Å²) in [6.45, 7) is 13.5. The van der Waals surface area contributed by atoms with Crippen molar-refractivity contribution in [2.45, 2.75) is 77.2 Å². The van der Waals surface area contributed by atoms with Gasteiger partial charge in [0.1, 0.15) is 11.1 Å². The molecule has 2 rings (SSSR count). The second kappa shape index (κ2) is 7.41. The van der Waals surface area contributed by atoms with E-state index in [1.54, 1.807) is 0 Å². The van der Waals surface area contributed by atoms with Crippen LogP contribution in [0.3, 0.4) is 0 Å². The monoisotopic (exact) mass is 381 g/mol. The molecule has 1 fully saturated rings. The van der Waals surface area contributed by atoms with Gasteiger partial charge in [0, 0.05) is 6.42 Å². The van der Waals surface area contributed by atoms with Gasteiger partial charge in [-0.15, -0.1) is 0 Å². The lowest BCUT2D eigenvalue weighted by molar-refractivity contribution is 0.00578. The zero-order valence-electron chi connectivity index (χ0n) is 16.7. The van der Waals surface area contributed by atoms with E-state index in [1.807, 2.05) is 72.7 Å². The molecular weight excluding hydrogens is 352 g/mol. The third-order valence-corrected chi connectivity index (χ3v) is 4.86. The molecule has 26 heavy (non-hydrogen) atoms. The Hall–Kier alpha value is -1.24. The second-order valence-electron chi connectivity index (χ2n) is 8.65. The number of ether oxygens (including phenoxy) is 1. The van der Waals surface area contributed by atoms with E-state index in [1.165, 1.54) is 0 Å². The minimum atomic E-state index is -0.550. The van der Waals surface area contributed by atoms with Gasteiger partial charge in [-0.2, -0.15) is 0 Å². The minimum Gasteiger partial charge on any atom is -0.444 e. The Morgan fingerprint density at radius 2 is 1.65 bits per heavy atom. The Morgan fingerprint density at radius 3 is 2.12 bits per heavy atom. The lowest BCUT2D eigenvalue weighted by atomic mass is 9.79. The van der Waals surface area contributed by atoms with Crippen LogP contribution in [0.1, 0.15) is 54.0 Å². The van der Waals surface area contributed by atoms with Gasteiger partial charge in [-0.25, -0.2) is 4.79 Å². The van der Waals surface area contributed by atoms with Crippen molar-refractivity contribution in [1.29, 1.82) is 0 Å². The largest absolute Gasteiger partial charge is 0.494 e. The van der Waals surface area contributed by atoms with E-state index < -0.39 is 17.2 Å². The van der Waals surface area contributed by atoms with Gasteiger partial charge in [0.15, 0.2) is 0 Å². The average Bonchev–Trinajstić information content (AvgIpc) is 2.65. The number of carbonyl (C=O) groups excluding carboxylic acids is 1. The summed E-state index contributed by atoms with van der Waals surface area (Å²) >= 11 is 6.22. The number of alkyl carbamates (subject to hydrolysis) is 1. The van der Waals surface area contributed by atoms with Crippen LogP contribution < -0.4 is 10.8 Å². The van der Waals surface area contributed by atoms with Crippen molar-refractivity contribution >= 4 is 30.3 Å². The van der Waals surface area contributed by atoms with E-state index in [0.29, 0.717) is 6.42 Å². The molecule has 0 radical (unpaired) electrons. The fourth-order valence-electron chi connectivity index (χ4n) is 2.48. The molecule has 1 amide bonds. The molecule has 1 heterocycles. The zero-order valence-corrected chi connectivity index (χ0v) is 17.4. The summed E-state index contributed by atoms with van der Waals surface area (Å²) in [6, 6.07) is 7.86. The van der Waals surface area contributed by atoms with Gasteiger partial charge < -0.3 is 19.4 Å². The minimum absolute atomic E-state index is 0.366. The van der Waals surface area contributed by atoms with Gasteiger partial charge in [0.05, 0.1) is 11.2 Å². The van der Waals surface area contributed by atoms with Gasteiger partial charge in [-0.1, -0.05) is 35.9 Å². The summed E-state index contributed by atoms with van der Waals surface area (Å²) < 4.78 is 17.3. The molecule has 0 spiro atoms. The van der Waals surface area contributed by atoms with Crippen molar-refractivity contribution in [2.24, 2.45) is 0 Å². The Morgan fingerprint density at radius 1 is 1.15 bits per heavy atom. The van der Waals surface area contributed by atoms with Crippen LogP contribution in [0, 0.1) is 0 Å². The highest BCUT2D eigenvalue weighted by atomic mass is 35.5. The number of carbonyl (C=O) groups is 1. The second-order valence-corrected chi connectivity index (χ2v) is 9.17. The molecule has 144 valence electrons. The van der Waals surface area contributed by atoms with Gasteiger partial charge in [-0.05, 0) is 59.5 Å². The number of nitrogens with one attached hydrogen (secondary N) is 1. The first-order chi connectivity index (χ1) is 11.8. The summed E-state index contributed by atoms with van der Waals surface area (Å²) in [5.74, 6) is 0. The average molecular weight is 382 g/mol. The van der Waals surface area contributed by atoms with Crippen molar-refractivity contribution in [3.63, 3.8) is 0 Å². The van der Waals surface area contributed by atoms with Crippen LogP contribution in [0.2, 0.25) is 0 Å². The van der Waals surface area contributed by atoms with Crippen LogP contribution >= 0.6 is 11.6 Å². The molecular formula is C19H29BClNO4. The lowest BCUT2D eigenvalue weighted by Crippen LogP contribution is -2.41. The first-order valence-corrected chi connectivity index (χ1v) is 9.31. The highest BCUT2D eigenvalue weighted by Crippen LogP contribution is 2.36. The van der Waals surface area contributed by atoms with Crippen LogP contribution in [0.25, 0.3) is 0 Å². The zero-order chi connectivity index (χ0) is 19.8. The Labute approximate surface area is 161 Å². The first-order valence-electron chi connectivity index (χ1n) is 8.87. The number of hydrogen-bond donors (Lipinski definition) is 1. The highest BCUT2D eigenvalue weighted by Gasteiger charge is 2.51. The molecule has 1 atom stereocenters. The molecule has 0 bridgehead atoms. The summed E-state index contributed by atoms with van der Waals surface area (Å²) in [5, 5.41) is 2.63. The van der Waals surface area contributed by atoms with E-state index >= 15 is 0 Å². The van der Waals surface area contributed by atoms with Crippen molar-refractivity contribution < 1.29 is 18.8 Å². The molecule has 1 saturated heterocycles. The van der Waals surface area contributed by atoms with Crippen molar-refractivity contribution in [1.82, 2.24) is 5.32 Å². The van der Waals surface area contributed by atoms with E-state index in [9.17, 15) is 4.79 Å². The first kappa shape index (κ1) is 21.1. The standard InChI is InChI=1S/C19H29BClNO4/c1-17(2,3)24-16(23)22-15(21)12-13-8-10-14(11-9-13)20-25-18(4,5)19(6,7)26-20/h8-11,15H,12H2,1-7H3,(H,22,23). The van der Waals surface area contributed by atoms with Gasteiger partial charge in [0.2, 0.25) is 0 Å². The predicted molar refractivity (Wildman–Crippen MR) is 105 cm³/mol. The number of benzene rings is 1. The van der Waals surface area contributed by atoms with Crippen LogP contribution in [-0.4, -0.2) is 35.5 Å². The van der Waals surface area contributed by atoms with Crippen molar-refractivity contribution in [3.05, 3.63) is 29.8 Å². The highest BCUT2D eigenvalue weighted by molar-refractivity contribution is 6.62. The molecule has 1 aliphatic rings. The number of halogens is 1. The molecule has 1 aromatic rings.